The lowest BCUT2D eigenvalue weighted by Crippen LogP contribution is -2.05. The molecule has 148 valence electrons. The Morgan fingerprint density at radius 3 is 2.46 bits per heavy atom. The highest BCUT2D eigenvalue weighted by Gasteiger charge is 2.34. The van der Waals surface area contributed by atoms with E-state index in [1.54, 1.807) is 31.2 Å². The Labute approximate surface area is 163 Å². The molecule has 0 spiro atoms. The van der Waals surface area contributed by atoms with Crippen molar-refractivity contribution in [3.63, 3.8) is 0 Å². The molecule has 0 aliphatic rings. The summed E-state index contributed by atoms with van der Waals surface area (Å²) in [5.74, 6) is 0.372. The number of imidazole rings is 1. The largest absolute Gasteiger partial charge is 0.472 e. The standard InChI is InChI=1S/C18H16ClF3N4O2/c1-10(27)13-7-23-17(19)25-16(13)28-9-11-3-5-12(6-4-11)15-24-14(8-26(15)2)18(20,21)22/h3-8,10,27H,9H2,1-2H3. The fraction of sp³-hybridized carbons (Fsp3) is 0.278. The molecule has 0 radical (unpaired) electrons. The number of aliphatic hydroxyl groups is 1. The van der Waals surface area contributed by atoms with Gasteiger partial charge in [0.1, 0.15) is 12.4 Å². The fourth-order valence-electron chi connectivity index (χ4n) is 2.53. The summed E-state index contributed by atoms with van der Waals surface area (Å²) in [5, 5.41) is 9.74. The van der Waals surface area contributed by atoms with Crippen molar-refractivity contribution in [3.05, 3.63) is 58.8 Å². The molecule has 1 unspecified atom stereocenters. The molecule has 2 aromatic heterocycles. The summed E-state index contributed by atoms with van der Waals surface area (Å²) in [6, 6.07) is 6.73. The lowest BCUT2D eigenvalue weighted by atomic mass is 10.1. The third-order valence-electron chi connectivity index (χ3n) is 3.96. The summed E-state index contributed by atoms with van der Waals surface area (Å²) in [7, 11) is 1.50. The summed E-state index contributed by atoms with van der Waals surface area (Å²) in [6.45, 7) is 1.68. The minimum Gasteiger partial charge on any atom is -0.472 e. The van der Waals surface area contributed by atoms with Crippen LogP contribution in [0.3, 0.4) is 0 Å². The van der Waals surface area contributed by atoms with Gasteiger partial charge in [0, 0.05) is 25.0 Å². The molecule has 0 saturated heterocycles. The van der Waals surface area contributed by atoms with Crippen LogP contribution in [0.1, 0.15) is 29.8 Å². The fourth-order valence-corrected chi connectivity index (χ4v) is 2.66. The summed E-state index contributed by atoms with van der Waals surface area (Å²) in [4.78, 5) is 11.4. The Morgan fingerprint density at radius 1 is 1.21 bits per heavy atom. The zero-order valence-electron chi connectivity index (χ0n) is 14.9. The van der Waals surface area contributed by atoms with Gasteiger partial charge in [-0.05, 0) is 24.1 Å². The van der Waals surface area contributed by atoms with Crippen molar-refractivity contribution in [2.45, 2.75) is 25.8 Å². The molecule has 0 aliphatic carbocycles. The van der Waals surface area contributed by atoms with Gasteiger partial charge in [-0.2, -0.15) is 18.2 Å². The zero-order chi connectivity index (χ0) is 20.5. The van der Waals surface area contributed by atoms with Crippen molar-refractivity contribution in [2.75, 3.05) is 0 Å². The predicted octanol–water partition coefficient (Wildman–Crippen LogP) is 4.18. The normalized spacial score (nSPS) is 12.8. The van der Waals surface area contributed by atoms with E-state index >= 15 is 0 Å². The van der Waals surface area contributed by atoms with Crippen LogP contribution in [0.5, 0.6) is 5.88 Å². The van der Waals surface area contributed by atoms with Crippen LogP contribution in [-0.4, -0.2) is 24.6 Å². The van der Waals surface area contributed by atoms with Crippen molar-refractivity contribution >= 4 is 11.6 Å². The molecule has 2 heterocycles. The summed E-state index contributed by atoms with van der Waals surface area (Å²) >= 11 is 5.77. The van der Waals surface area contributed by atoms with Gasteiger partial charge in [0.2, 0.25) is 11.2 Å². The first-order valence-corrected chi connectivity index (χ1v) is 8.56. The van der Waals surface area contributed by atoms with Crippen LogP contribution in [-0.2, 0) is 19.8 Å². The SMILES string of the molecule is CC(O)c1cnc(Cl)nc1OCc1ccc(-c2nc(C(F)(F)F)cn2C)cc1. The topological polar surface area (TPSA) is 73.1 Å². The first-order chi connectivity index (χ1) is 13.1. The van der Waals surface area contributed by atoms with Crippen molar-refractivity contribution in [1.82, 2.24) is 19.5 Å². The number of hydrogen-bond acceptors (Lipinski definition) is 5. The Hall–Kier alpha value is -2.65. The van der Waals surface area contributed by atoms with Gasteiger partial charge < -0.3 is 14.4 Å². The van der Waals surface area contributed by atoms with E-state index in [2.05, 4.69) is 15.0 Å². The number of hydrogen-bond donors (Lipinski definition) is 1. The van der Waals surface area contributed by atoms with Crippen LogP contribution in [0, 0.1) is 0 Å². The van der Waals surface area contributed by atoms with E-state index in [1.165, 1.54) is 17.8 Å². The molecule has 0 fully saturated rings. The van der Waals surface area contributed by atoms with Crippen molar-refractivity contribution in [2.24, 2.45) is 7.05 Å². The molecule has 0 amide bonds. The Morgan fingerprint density at radius 2 is 1.89 bits per heavy atom. The molecular weight excluding hydrogens is 397 g/mol. The number of rotatable bonds is 5. The number of alkyl halides is 3. The quantitative estimate of drug-likeness (QED) is 0.636. The first-order valence-electron chi connectivity index (χ1n) is 8.18. The Kier molecular flexibility index (Phi) is 5.57. The smallest absolute Gasteiger partial charge is 0.434 e. The van der Waals surface area contributed by atoms with Crippen molar-refractivity contribution in [3.8, 4) is 17.3 Å². The summed E-state index contributed by atoms with van der Waals surface area (Å²) < 4.78 is 45.4. The molecular formula is C18H16ClF3N4O2. The molecule has 1 N–H and O–H groups in total. The third-order valence-corrected chi connectivity index (χ3v) is 4.14. The number of ether oxygens (including phenoxy) is 1. The molecule has 3 aromatic rings. The molecule has 3 rings (SSSR count). The maximum atomic E-state index is 12.8. The number of aryl methyl sites for hydroxylation is 1. The molecule has 28 heavy (non-hydrogen) atoms. The molecule has 10 heteroatoms. The highest BCUT2D eigenvalue weighted by Crippen LogP contribution is 2.31. The maximum Gasteiger partial charge on any atom is 0.434 e. The van der Waals surface area contributed by atoms with Crippen molar-refractivity contribution < 1.29 is 23.0 Å². The minimum atomic E-state index is -4.50. The molecule has 6 nitrogen and oxygen atoms in total. The van der Waals surface area contributed by atoms with Crippen molar-refractivity contribution in [1.29, 1.82) is 0 Å². The highest BCUT2D eigenvalue weighted by molar-refractivity contribution is 6.28. The van der Waals surface area contributed by atoms with Crippen LogP contribution in [0.2, 0.25) is 5.28 Å². The molecule has 0 bridgehead atoms. The van der Waals surface area contributed by atoms with Crippen LogP contribution >= 0.6 is 11.6 Å². The number of aromatic nitrogens is 4. The number of nitrogens with zero attached hydrogens (tertiary/aromatic N) is 4. The van der Waals surface area contributed by atoms with E-state index in [0.29, 0.717) is 11.1 Å². The van der Waals surface area contributed by atoms with Gasteiger partial charge in [0.15, 0.2) is 5.69 Å². The number of benzene rings is 1. The maximum absolute atomic E-state index is 12.8. The van der Waals surface area contributed by atoms with Gasteiger partial charge in [-0.1, -0.05) is 24.3 Å². The average molecular weight is 413 g/mol. The van der Waals surface area contributed by atoms with E-state index in [0.717, 1.165) is 11.8 Å². The second kappa shape index (κ2) is 7.76. The van der Waals surface area contributed by atoms with E-state index in [9.17, 15) is 18.3 Å². The molecule has 0 aliphatic heterocycles. The summed E-state index contributed by atoms with van der Waals surface area (Å²) in [6.07, 6.45) is -2.99. The third kappa shape index (κ3) is 4.42. The van der Waals surface area contributed by atoms with E-state index < -0.39 is 18.0 Å². The van der Waals surface area contributed by atoms with E-state index in [1.807, 2.05) is 0 Å². The average Bonchev–Trinajstić information content (AvgIpc) is 3.02. The highest BCUT2D eigenvalue weighted by atomic mass is 35.5. The lowest BCUT2D eigenvalue weighted by molar-refractivity contribution is -0.140. The van der Waals surface area contributed by atoms with Gasteiger partial charge in [0.25, 0.3) is 0 Å². The van der Waals surface area contributed by atoms with Gasteiger partial charge >= 0.3 is 6.18 Å². The van der Waals surface area contributed by atoms with Crippen LogP contribution in [0.4, 0.5) is 13.2 Å². The second-order valence-electron chi connectivity index (χ2n) is 6.12. The Bertz CT molecular complexity index is 972. The first kappa shape index (κ1) is 20.1. The van der Waals surface area contributed by atoms with E-state index in [4.69, 9.17) is 16.3 Å². The van der Waals surface area contributed by atoms with Crippen LogP contribution < -0.4 is 4.74 Å². The number of aliphatic hydroxyl groups excluding tert-OH is 1. The van der Waals surface area contributed by atoms with Gasteiger partial charge in [-0.15, -0.1) is 0 Å². The van der Waals surface area contributed by atoms with E-state index in [-0.39, 0.29) is 23.6 Å². The predicted molar refractivity (Wildman–Crippen MR) is 95.7 cm³/mol. The van der Waals surface area contributed by atoms with Crippen LogP contribution in [0.15, 0.2) is 36.7 Å². The lowest BCUT2D eigenvalue weighted by Gasteiger charge is -2.12. The minimum absolute atomic E-state index is 0.00926. The summed E-state index contributed by atoms with van der Waals surface area (Å²) in [5.41, 5.74) is 0.745. The van der Waals surface area contributed by atoms with Gasteiger partial charge in [-0.3, -0.25) is 0 Å². The molecule has 1 aromatic carbocycles. The zero-order valence-corrected chi connectivity index (χ0v) is 15.7. The Balaban J connectivity index is 1.76. The van der Waals surface area contributed by atoms with Crippen LogP contribution in [0.25, 0.3) is 11.4 Å². The monoisotopic (exact) mass is 412 g/mol. The van der Waals surface area contributed by atoms with Gasteiger partial charge in [0.05, 0.1) is 11.7 Å². The molecule has 0 saturated carbocycles. The van der Waals surface area contributed by atoms with Gasteiger partial charge in [-0.25, -0.2) is 9.97 Å². The molecule has 1 atom stereocenters. The number of halogens is 4. The second-order valence-corrected chi connectivity index (χ2v) is 6.46.